The number of aromatic amines is 1. The second kappa shape index (κ2) is 8.59. The number of nitrogens with two attached hydrogens (primary N) is 5. The Hall–Kier alpha value is -3.45. The topological polar surface area (TPSA) is 240 Å². The van der Waals surface area contributed by atoms with Gasteiger partial charge in [-0.25, -0.2) is 24.9 Å². The van der Waals surface area contributed by atoms with Gasteiger partial charge in [-0.05, 0) is 0 Å². The van der Waals surface area contributed by atoms with E-state index < -0.39 is 11.9 Å². The van der Waals surface area contributed by atoms with E-state index in [-0.39, 0.29) is 34.9 Å². The lowest BCUT2D eigenvalue weighted by Gasteiger charge is -2.02. The Kier molecular flexibility index (Phi) is 6.80. The van der Waals surface area contributed by atoms with E-state index in [9.17, 15) is 4.79 Å². The van der Waals surface area contributed by atoms with Crippen molar-refractivity contribution in [2.45, 2.75) is 0 Å². The van der Waals surface area contributed by atoms with Crippen molar-refractivity contribution >= 4 is 64.5 Å². The standard InChI is InChI=1S/C6H8ClN7O.C5H5N5.ClH/c7-2-4(9)13-3(8)1(12-2)5(15)14-6(10)11;6-4-3-5(9-1-7-3)10-2-8-4;/h(H4,8,9,13)(H4,10,11,14,15);1-2H,(H3,6,7,8,9,10);1H. The second-order valence-corrected chi connectivity index (χ2v) is 4.69. The van der Waals surface area contributed by atoms with Crippen LogP contribution in [0.1, 0.15) is 10.5 Å². The van der Waals surface area contributed by atoms with Crippen LogP contribution >= 0.6 is 24.0 Å². The lowest BCUT2D eigenvalue weighted by molar-refractivity contribution is 0.0998. The molecule has 11 N–H and O–H groups in total. The van der Waals surface area contributed by atoms with Crippen LogP contribution in [-0.2, 0) is 0 Å². The number of aliphatic imine (C=N–C) groups is 1. The number of H-pyrrole nitrogens is 1. The molecule has 3 aromatic rings. The van der Waals surface area contributed by atoms with Gasteiger partial charge in [-0.2, -0.15) is 4.99 Å². The average Bonchev–Trinajstić information content (AvgIpc) is 3.01. The van der Waals surface area contributed by atoms with Gasteiger partial charge in [0.1, 0.15) is 11.8 Å². The van der Waals surface area contributed by atoms with E-state index in [0.29, 0.717) is 17.0 Å². The van der Waals surface area contributed by atoms with E-state index in [1.165, 1.54) is 12.7 Å². The van der Waals surface area contributed by atoms with Gasteiger partial charge in [-0.1, -0.05) is 11.6 Å². The third-order valence-electron chi connectivity index (χ3n) is 2.59. The van der Waals surface area contributed by atoms with Gasteiger partial charge in [0.15, 0.2) is 39.9 Å². The third kappa shape index (κ3) is 4.78. The van der Waals surface area contributed by atoms with E-state index >= 15 is 0 Å². The highest BCUT2D eigenvalue weighted by molar-refractivity contribution is 6.31. The molecule has 15 heteroatoms. The van der Waals surface area contributed by atoms with Crippen LogP contribution in [0.2, 0.25) is 5.15 Å². The van der Waals surface area contributed by atoms with Crippen molar-refractivity contribution in [1.82, 2.24) is 29.9 Å². The lowest BCUT2D eigenvalue weighted by Crippen LogP contribution is -2.24. The third-order valence-corrected chi connectivity index (χ3v) is 2.87. The molecule has 3 rings (SSSR count). The predicted molar refractivity (Wildman–Crippen MR) is 99.4 cm³/mol. The van der Waals surface area contributed by atoms with Gasteiger partial charge >= 0.3 is 5.91 Å². The number of rotatable bonds is 1. The summed E-state index contributed by atoms with van der Waals surface area (Å²) in [4.78, 5) is 36.1. The number of fused-ring (bicyclic) bond motifs is 1. The highest BCUT2D eigenvalue weighted by Gasteiger charge is 2.15. The number of amides is 1. The molecule has 0 aromatic carbocycles. The van der Waals surface area contributed by atoms with Crippen LogP contribution in [0.4, 0.5) is 17.5 Å². The summed E-state index contributed by atoms with van der Waals surface area (Å²) >= 11 is 5.55. The van der Waals surface area contributed by atoms with Gasteiger partial charge in [-0.3, -0.25) is 4.79 Å². The molecule has 0 saturated heterocycles. The maximum atomic E-state index is 11.3. The van der Waals surface area contributed by atoms with Crippen LogP contribution in [0.15, 0.2) is 17.6 Å². The largest absolute Gasteiger partial charge is 0.382 e. The SMILES string of the molecule is Cl.NC(N)=NC(=O)c1nc(Cl)c(N)nc1N.Nc1ncnc2nc[nH]c12. The van der Waals surface area contributed by atoms with Crippen molar-refractivity contribution in [2.24, 2.45) is 16.5 Å². The monoisotopic (exact) mass is 400 g/mol. The van der Waals surface area contributed by atoms with Crippen molar-refractivity contribution in [1.29, 1.82) is 0 Å². The van der Waals surface area contributed by atoms with Crippen LogP contribution in [-0.4, -0.2) is 41.8 Å². The molecule has 13 nitrogen and oxygen atoms in total. The Morgan fingerprint density at radius 3 is 2.35 bits per heavy atom. The molecule has 26 heavy (non-hydrogen) atoms. The van der Waals surface area contributed by atoms with Gasteiger partial charge in [0.05, 0.1) is 6.33 Å². The van der Waals surface area contributed by atoms with Gasteiger partial charge in [0.2, 0.25) is 0 Å². The number of imidazole rings is 1. The zero-order chi connectivity index (χ0) is 18.6. The quantitative estimate of drug-likeness (QED) is 0.215. The smallest absolute Gasteiger partial charge is 0.302 e. The number of aromatic nitrogens is 6. The summed E-state index contributed by atoms with van der Waals surface area (Å²) < 4.78 is 0. The fraction of sp³-hybridized carbons (Fsp3) is 0. The summed E-state index contributed by atoms with van der Waals surface area (Å²) in [5.41, 5.74) is 27.2. The Morgan fingerprint density at radius 2 is 1.73 bits per heavy atom. The van der Waals surface area contributed by atoms with Gasteiger partial charge in [0.25, 0.3) is 0 Å². The molecular formula is C11H14Cl2N12O. The minimum Gasteiger partial charge on any atom is -0.382 e. The van der Waals surface area contributed by atoms with Crippen LogP contribution < -0.4 is 28.7 Å². The fourth-order valence-electron chi connectivity index (χ4n) is 1.55. The van der Waals surface area contributed by atoms with Gasteiger partial charge in [-0.15, -0.1) is 12.4 Å². The number of carbonyl (C=O) groups excluding carboxylic acids is 1. The maximum Gasteiger partial charge on any atom is 0.302 e. The molecule has 3 heterocycles. The number of anilines is 3. The van der Waals surface area contributed by atoms with Crippen LogP contribution in [0.5, 0.6) is 0 Å². The zero-order valence-electron chi connectivity index (χ0n) is 12.9. The molecule has 1 amide bonds. The molecule has 0 saturated carbocycles. The molecular weight excluding hydrogens is 387 g/mol. The number of nitrogens with zero attached hydrogens (tertiary/aromatic N) is 6. The molecule has 0 spiro atoms. The number of nitrogen functional groups attached to an aromatic ring is 3. The van der Waals surface area contributed by atoms with Crippen LogP contribution in [0, 0.1) is 0 Å². The van der Waals surface area contributed by atoms with Gasteiger partial charge in [0, 0.05) is 0 Å². The maximum absolute atomic E-state index is 11.3. The average molecular weight is 401 g/mol. The van der Waals surface area contributed by atoms with Crippen molar-refractivity contribution in [3.05, 3.63) is 23.5 Å². The van der Waals surface area contributed by atoms with Gasteiger partial charge < -0.3 is 33.7 Å². The second-order valence-electron chi connectivity index (χ2n) is 4.34. The normalized spacial score (nSPS) is 9.58. The molecule has 3 aromatic heterocycles. The van der Waals surface area contributed by atoms with E-state index in [0.717, 1.165) is 0 Å². The summed E-state index contributed by atoms with van der Waals surface area (Å²) in [6.07, 6.45) is 2.92. The number of carbonyl (C=O) groups is 1. The molecule has 0 unspecified atom stereocenters. The van der Waals surface area contributed by atoms with E-state index in [2.05, 4.69) is 34.9 Å². The first-order valence-corrected chi connectivity index (χ1v) is 6.79. The number of nitrogens with one attached hydrogen (secondary N) is 1. The van der Waals surface area contributed by atoms with Crippen molar-refractivity contribution in [3.63, 3.8) is 0 Å². The molecule has 0 bridgehead atoms. The molecule has 0 aliphatic rings. The fourth-order valence-corrected chi connectivity index (χ4v) is 1.68. The number of hydrogen-bond acceptors (Lipinski definition) is 9. The minimum atomic E-state index is -0.832. The first kappa shape index (κ1) is 20.6. The molecule has 0 aliphatic heterocycles. The van der Waals surface area contributed by atoms with E-state index in [1.807, 2.05) is 0 Å². The Bertz CT molecular complexity index is 951. The summed E-state index contributed by atoms with van der Waals surface area (Å²) in [6.45, 7) is 0. The number of halogens is 2. The van der Waals surface area contributed by atoms with Crippen molar-refractivity contribution in [2.75, 3.05) is 17.2 Å². The molecule has 0 aliphatic carbocycles. The summed E-state index contributed by atoms with van der Waals surface area (Å²) in [7, 11) is 0. The first-order chi connectivity index (χ1) is 11.8. The number of hydrogen-bond donors (Lipinski definition) is 6. The summed E-state index contributed by atoms with van der Waals surface area (Å²) in [5, 5.41) is -0.140. The zero-order valence-corrected chi connectivity index (χ0v) is 14.5. The van der Waals surface area contributed by atoms with Crippen molar-refractivity contribution < 1.29 is 4.79 Å². The highest BCUT2D eigenvalue weighted by atomic mass is 35.5. The summed E-state index contributed by atoms with van der Waals surface area (Å²) in [6, 6.07) is 0. The Labute approximate surface area is 156 Å². The van der Waals surface area contributed by atoms with E-state index in [1.54, 1.807) is 0 Å². The van der Waals surface area contributed by atoms with Crippen LogP contribution in [0.25, 0.3) is 11.2 Å². The molecule has 0 atom stereocenters. The molecule has 0 radical (unpaired) electrons. The number of guanidine groups is 1. The molecule has 138 valence electrons. The first-order valence-electron chi connectivity index (χ1n) is 6.41. The summed E-state index contributed by atoms with van der Waals surface area (Å²) in [5.74, 6) is -1.07. The Morgan fingerprint density at radius 1 is 1.04 bits per heavy atom. The van der Waals surface area contributed by atoms with Crippen LogP contribution in [0.3, 0.4) is 0 Å². The van der Waals surface area contributed by atoms with Crippen molar-refractivity contribution in [3.8, 4) is 0 Å². The minimum absolute atomic E-state index is 0. The lowest BCUT2D eigenvalue weighted by atomic mass is 10.4. The molecule has 0 fully saturated rings. The Balaban J connectivity index is 0.000000267. The highest BCUT2D eigenvalue weighted by Crippen LogP contribution is 2.17. The van der Waals surface area contributed by atoms with E-state index in [4.69, 9.17) is 40.3 Å². The predicted octanol–water partition coefficient (Wildman–Crippen LogP) is -0.935.